The Bertz CT molecular complexity index is 1400. The lowest BCUT2D eigenvalue weighted by Gasteiger charge is -2.16. The summed E-state index contributed by atoms with van der Waals surface area (Å²) in [5.74, 6) is 0.0749. The normalized spacial score (nSPS) is 11.4. The van der Waals surface area contributed by atoms with Gasteiger partial charge in [0.1, 0.15) is 0 Å². The first-order chi connectivity index (χ1) is 17.4. The Hall–Kier alpha value is -4.29. The number of nitrogen functional groups attached to an aromatic ring is 1. The van der Waals surface area contributed by atoms with Crippen LogP contribution in [0.1, 0.15) is 29.3 Å². The van der Waals surface area contributed by atoms with Gasteiger partial charge in [0.2, 0.25) is 0 Å². The van der Waals surface area contributed by atoms with Gasteiger partial charge in [0, 0.05) is 24.8 Å². The highest BCUT2D eigenvalue weighted by molar-refractivity contribution is 5.68. The van der Waals surface area contributed by atoms with Gasteiger partial charge in [-0.15, -0.1) is 0 Å². The quantitative estimate of drug-likeness (QED) is 0.208. The number of nitrogens with two attached hydrogens (primary N) is 1. The molecule has 0 saturated heterocycles. The predicted molar refractivity (Wildman–Crippen MR) is 145 cm³/mol. The summed E-state index contributed by atoms with van der Waals surface area (Å²) in [4.78, 5) is 9.45. The van der Waals surface area contributed by atoms with Crippen molar-refractivity contribution in [2.75, 3.05) is 18.2 Å². The molecule has 0 fully saturated rings. The van der Waals surface area contributed by atoms with E-state index in [2.05, 4.69) is 22.9 Å². The van der Waals surface area contributed by atoms with Gasteiger partial charge in [-0.2, -0.15) is 0 Å². The zero-order valence-corrected chi connectivity index (χ0v) is 20.5. The summed E-state index contributed by atoms with van der Waals surface area (Å²) < 4.78 is 20.0. The maximum Gasteiger partial charge on any atom is 0.155 e. The molecule has 1 aromatic heterocycles. The van der Waals surface area contributed by atoms with Crippen LogP contribution in [0.2, 0.25) is 0 Å². The van der Waals surface area contributed by atoms with Gasteiger partial charge < -0.3 is 15.8 Å². The molecule has 0 atom stereocenters. The molecule has 5 nitrogen and oxygen atoms in total. The van der Waals surface area contributed by atoms with Crippen molar-refractivity contribution in [1.82, 2.24) is 9.97 Å². The van der Waals surface area contributed by atoms with E-state index in [1.165, 1.54) is 6.07 Å². The molecule has 0 aliphatic rings. The predicted octanol–water partition coefficient (Wildman–Crippen LogP) is 6.63. The molecule has 3 N–H and O–H groups in total. The van der Waals surface area contributed by atoms with Gasteiger partial charge in [-0.1, -0.05) is 61.2 Å². The van der Waals surface area contributed by atoms with Gasteiger partial charge >= 0.3 is 0 Å². The summed E-state index contributed by atoms with van der Waals surface area (Å²) in [5, 5.41) is 3.41. The SMILES string of the molecule is C=C(C)/C(=C/c1cccc(COC)c1)Nc1ncc(-c2cccc(N)c2F)nc1Cc1ccccc1. The number of nitrogens with zero attached hydrogens (tertiary/aromatic N) is 2. The van der Waals surface area contributed by atoms with E-state index >= 15 is 0 Å². The molecule has 4 rings (SSSR count). The minimum absolute atomic E-state index is 0.0734. The van der Waals surface area contributed by atoms with E-state index in [0.717, 1.165) is 28.0 Å². The van der Waals surface area contributed by atoms with Gasteiger partial charge in [0.05, 0.1) is 29.9 Å². The highest BCUT2D eigenvalue weighted by Crippen LogP contribution is 2.28. The molecule has 0 amide bonds. The van der Waals surface area contributed by atoms with Crippen molar-refractivity contribution in [3.63, 3.8) is 0 Å². The van der Waals surface area contributed by atoms with E-state index in [9.17, 15) is 4.39 Å². The van der Waals surface area contributed by atoms with Crippen LogP contribution in [-0.2, 0) is 17.8 Å². The average Bonchev–Trinajstić information content (AvgIpc) is 2.87. The third-order valence-electron chi connectivity index (χ3n) is 5.65. The number of allylic oxidation sites excluding steroid dienone is 1. The topological polar surface area (TPSA) is 73.1 Å². The molecule has 1 heterocycles. The second kappa shape index (κ2) is 11.4. The first kappa shape index (κ1) is 24.8. The molecule has 3 aromatic carbocycles. The summed E-state index contributed by atoms with van der Waals surface area (Å²) in [5.41, 5.74) is 12.1. The first-order valence-corrected chi connectivity index (χ1v) is 11.6. The molecule has 0 unspecified atom stereocenters. The summed E-state index contributed by atoms with van der Waals surface area (Å²) in [6, 6.07) is 22.9. The molecule has 36 heavy (non-hydrogen) atoms. The van der Waals surface area contributed by atoms with Crippen LogP contribution < -0.4 is 11.1 Å². The van der Waals surface area contributed by atoms with Crippen LogP contribution in [0.4, 0.5) is 15.9 Å². The molecular formula is C30H29FN4O. The number of anilines is 2. The van der Waals surface area contributed by atoms with E-state index in [1.807, 2.05) is 61.5 Å². The Balaban J connectivity index is 1.74. The summed E-state index contributed by atoms with van der Waals surface area (Å²) >= 11 is 0. The maximum absolute atomic E-state index is 14.8. The van der Waals surface area contributed by atoms with Crippen LogP contribution in [0, 0.1) is 5.82 Å². The van der Waals surface area contributed by atoms with Crippen molar-refractivity contribution in [3.05, 3.63) is 125 Å². The monoisotopic (exact) mass is 480 g/mol. The van der Waals surface area contributed by atoms with Crippen molar-refractivity contribution in [1.29, 1.82) is 0 Å². The van der Waals surface area contributed by atoms with Crippen molar-refractivity contribution in [2.45, 2.75) is 20.0 Å². The highest BCUT2D eigenvalue weighted by Gasteiger charge is 2.15. The van der Waals surface area contributed by atoms with Gasteiger partial charge in [0.15, 0.2) is 11.6 Å². The number of rotatable bonds is 9. The molecule has 0 spiro atoms. The Kier molecular flexibility index (Phi) is 7.88. The minimum atomic E-state index is -0.503. The number of halogens is 1. The van der Waals surface area contributed by atoms with Crippen molar-refractivity contribution < 1.29 is 9.13 Å². The van der Waals surface area contributed by atoms with Gasteiger partial charge in [-0.3, -0.25) is 0 Å². The number of hydrogen-bond donors (Lipinski definition) is 2. The summed E-state index contributed by atoms with van der Waals surface area (Å²) in [6.07, 6.45) is 4.09. The lowest BCUT2D eigenvalue weighted by Crippen LogP contribution is -2.09. The maximum atomic E-state index is 14.8. The van der Waals surface area contributed by atoms with Gasteiger partial charge in [-0.25, -0.2) is 14.4 Å². The summed E-state index contributed by atoms with van der Waals surface area (Å²) in [6.45, 7) is 6.60. The zero-order chi connectivity index (χ0) is 25.5. The molecule has 0 radical (unpaired) electrons. The Morgan fingerprint density at radius 1 is 1.06 bits per heavy atom. The fourth-order valence-electron chi connectivity index (χ4n) is 3.82. The fraction of sp³-hybridized carbons (Fsp3) is 0.133. The molecule has 6 heteroatoms. The number of nitrogens with one attached hydrogen (secondary N) is 1. The van der Waals surface area contributed by atoms with Crippen molar-refractivity contribution in [2.24, 2.45) is 0 Å². The third-order valence-corrected chi connectivity index (χ3v) is 5.65. The summed E-state index contributed by atoms with van der Waals surface area (Å²) in [7, 11) is 1.68. The van der Waals surface area contributed by atoms with Gasteiger partial charge in [-0.05, 0) is 53.5 Å². The highest BCUT2D eigenvalue weighted by atomic mass is 19.1. The Labute approximate surface area is 211 Å². The minimum Gasteiger partial charge on any atom is -0.396 e. The van der Waals surface area contributed by atoms with Crippen molar-refractivity contribution >= 4 is 17.6 Å². The van der Waals surface area contributed by atoms with E-state index in [-0.39, 0.29) is 5.69 Å². The van der Waals surface area contributed by atoms with E-state index in [0.29, 0.717) is 35.8 Å². The lowest BCUT2D eigenvalue weighted by atomic mass is 10.1. The second-order valence-electron chi connectivity index (χ2n) is 8.56. The van der Waals surface area contributed by atoms with E-state index in [1.54, 1.807) is 25.4 Å². The number of ether oxygens (including phenoxy) is 1. The molecule has 0 aliphatic carbocycles. The van der Waals surface area contributed by atoms with E-state index < -0.39 is 5.82 Å². The first-order valence-electron chi connectivity index (χ1n) is 11.6. The number of aromatic nitrogens is 2. The van der Waals surface area contributed by atoms with Crippen molar-refractivity contribution in [3.8, 4) is 11.3 Å². The van der Waals surface area contributed by atoms with Gasteiger partial charge in [0.25, 0.3) is 0 Å². The van der Waals surface area contributed by atoms with E-state index in [4.69, 9.17) is 15.5 Å². The van der Waals surface area contributed by atoms with Crippen LogP contribution in [-0.4, -0.2) is 17.1 Å². The Morgan fingerprint density at radius 3 is 2.56 bits per heavy atom. The van der Waals surface area contributed by atoms with Crippen LogP contribution in [0.15, 0.2) is 96.8 Å². The second-order valence-corrected chi connectivity index (χ2v) is 8.56. The number of methoxy groups -OCH3 is 1. The van der Waals surface area contributed by atoms with Crippen LogP contribution in [0.25, 0.3) is 17.3 Å². The molecule has 182 valence electrons. The third kappa shape index (κ3) is 6.03. The number of benzene rings is 3. The standard InChI is InChI=1S/C30H29FN4O/c1-20(2)26(17-22-11-7-12-23(15-22)19-36-3)35-30-27(16-21-9-5-4-6-10-21)34-28(18-33-30)24-13-8-14-25(32)29(24)31/h4-15,17-18H,1,16,19,32H2,2-3H3,(H,33,35)/b26-17-. The molecular weight excluding hydrogens is 451 g/mol. The van der Waals surface area contributed by atoms with Crippen LogP contribution >= 0.6 is 0 Å². The molecule has 0 saturated carbocycles. The lowest BCUT2D eigenvalue weighted by molar-refractivity contribution is 0.185. The van der Waals surface area contributed by atoms with Crippen LogP contribution in [0.3, 0.4) is 0 Å². The molecule has 0 aliphatic heterocycles. The largest absolute Gasteiger partial charge is 0.396 e. The zero-order valence-electron chi connectivity index (χ0n) is 20.5. The Morgan fingerprint density at radius 2 is 1.81 bits per heavy atom. The fourth-order valence-corrected chi connectivity index (χ4v) is 3.82. The van der Waals surface area contributed by atoms with Crippen LogP contribution in [0.5, 0.6) is 0 Å². The number of hydrogen-bond acceptors (Lipinski definition) is 5. The molecule has 4 aromatic rings. The average molecular weight is 481 g/mol. The smallest absolute Gasteiger partial charge is 0.155 e. The molecule has 0 bridgehead atoms.